The van der Waals surface area contributed by atoms with E-state index in [2.05, 4.69) is 5.32 Å². The van der Waals surface area contributed by atoms with Gasteiger partial charge in [0, 0.05) is 30.6 Å². The van der Waals surface area contributed by atoms with Crippen LogP contribution in [0, 0.1) is 19.7 Å². The van der Waals surface area contributed by atoms with E-state index in [1.165, 1.54) is 48.3 Å². The van der Waals surface area contributed by atoms with E-state index in [-0.39, 0.29) is 29.1 Å². The third-order valence-corrected chi connectivity index (χ3v) is 9.34. The number of nitrogens with zero attached hydrogens (tertiary/aromatic N) is 2. The van der Waals surface area contributed by atoms with Crippen molar-refractivity contribution in [3.63, 3.8) is 0 Å². The Labute approximate surface area is 257 Å². The quantitative estimate of drug-likeness (QED) is 0.234. The molecule has 0 bridgehead atoms. The summed E-state index contributed by atoms with van der Waals surface area (Å²) in [5, 5.41) is 2.93. The number of likely N-dealkylation sites (N-methyl/N-ethyl adjacent to an activating group) is 1. The van der Waals surface area contributed by atoms with Crippen LogP contribution < -0.4 is 9.62 Å². The van der Waals surface area contributed by atoms with Crippen LogP contribution >= 0.6 is 11.6 Å². The van der Waals surface area contributed by atoms with Crippen molar-refractivity contribution in [2.24, 2.45) is 0 Å². The predicted octanol–water partition coefficient (Wildman–Crippen LogP) is 5.68. The van der Waals surface area contributed by atoms with Crippen molar-refractivity contribution in [3.05, 3.63) is 130 Å². The molecule has 0 aliphatic carbocycles. The van der Waals surface area contributed by atoms with Crippen LogP contribution in [0.1, 0.15) is 22.3 Å². The lowest BCUT2D eigenvalue weighted by molar-refractivity contribution is -0.139. The van der Waals surface area contributed by atoms with Crippen molar-refractivity contribution in [2.45, 2.75) is 37.8 Å². The molecule has 4 aromatic rings. The molecule has 0 unspecified atom stereocenters. The summed E-state index contributed by atoms with van der Waals surface area (Å²) < 4.78 is 43.9. The summed E-state index contributed by atoms with van der Waals surface area (Å²) >= 11 is 6.39. The molecule has 0 saturated carbocycles. The molecule has 1 N–H and O–H groups in total. The monoisotopic (exact) mass is 621 g/mol. The molecule has 224 valence electrons. The van der Waals surface area contributed by atoms with E-state index >= 15 is 0 Å². The van der Waals surface area contributed by atoms with E-state index < -0.39 is 40.2 Å². The van der Waals surface area contributed by atoms with Gasteiger partial charge in [0.05, 0.1) is 10.6 Å². The van der Waals surface area contributed by atoms with Crippen LogP contribution in [-0.2, 0) is 32.6 Å². The van der Waals surface area contributed by atoms with Gasteiger partial charge in [0.25, 0.3) is 10.0 Å². The molecule has 7 nitrogen and oxygen atoms in total. The van der Waals surface area contributed by atoms with Crippen molar-refractivity contribution < 1.29 is 22.4 Å². The Bertz CT molecular complexity index is 1700. The van der Waals surface area contributed by atoms with Crippen LogP contribution in [0.3, 0.4) is 0 Å². The number of halogens is 2. The highest BCUT2D eigenvalue weighted by Crippen LogP contribution is 2.29. The molecule has 4 rings (SSSR count). The second-order valence-electron chi connectivity index (χ2n) is 10.2. The number of carbonyl (C=O) groups excluding carboxylic acids is 2. The average Bonchev–Trinajstić information content (AvgIpc) is 3.00. The van der Waals surface area contributed by atoms with Gasteiger partial charge < -0.3 is 10.2 Å². The number of benzene rings is 4. The second kappa shape index (κ2) is 13.8. The molecule has 0 aromatic heterocycles. The highest BCUT2D eigenvalue weighted by Gasteiger charge is 2.34. The molecule has 0 aliphatic heterocycles. The number of hydrogen-bond acceptors (Lipinski definition) is 4. The maximum Gasteiger partial charge on any atom is 0.264 e. The van der Waals surface area contributed by atoms with Crippen LogP contribution in [0.2, 0.25) is 5.02 Å². The first kappa shape index (κ1) is 31.7. The van der Waals surface area contributed by atoms with E-state index in [0.717, 1.165) is 21.0 Å². The van der Waals surface area contributed by atoms with Crippen molar-refractivity contribution in [1.82, 2.24) is 10.2 Å². The van der Waals surface area contributed by atoms with Gasteiger partial charge in [0.2, 0.25) is 11.8 Å². The van der Waals surface area contributed by atoms with Crippen LogP contribution in [-0.4, -0.2) is 44.8 Å². The summed E-state index contributed by atoms with van der Waals surface area (Å²) in [6.45, 7) is 2.70. The summed E-state index contributed by atoms with van der Waals surface area (Å²) in [4.78, 5) is 28.8. The summed E-state index contributed by atoms with van der Waals surface area (Å²) in [6, 6.07) is 25.0. The van der Waals surface area contributed by atoms with Crippen molar-refractivity contribution in [2.75, 3.05) is 17.9 Å². The van der Waals surface area contributed by atoms with E-state index in [9.17, 15) is 22.4 Å². The molecule has 43 heavy (non-hydrogen) atoms. The van der Waals surface area contributed by atoms with Crippen LogP contribution in [0.15, 0.2) is 102 Å². The van der Waals surface area contributed by atoms with E-state index in [1.807, 2.05) is 37.3 Å². The normalized spacial score (nSPS) is 11.9. The number of aryl methyl sites for hydroxylation is 2. The second-order valence-corrected chi connectivity index (χ2v) is 12.5. The molecule has 0 spiro atoms. The summed E-state index contributed by atoms with van der Waals surface area (Å²) in [7, 11) is -2.82. The van der Waals surface area contributed by atoms with Gasteiger partial charge >= 0.3 is 0 Å². The van der Waals surface area contributed by atoms with Crippen LogP contribution in [0.25, 0.3) is 0 Å². The molecule has 4 aromatic carbocycles. The zero-order valence-corrected chi connectivity index (χ0v) is 25.7. The minimum atomic E-state index is -4.27. The highest BCUT2D eigenvalue weighted by molar-refractivity contribution is 7.92. The Morgan fingerprint density at radius 2 is 1.56 bits per heavy atom. The fraction of sp³-hybridized carbons (Fsp3) is 0.212. The molecule has 0 heterocycles. The Hall–Kier alpha value is -4.21. The van der Waals surface area contributed by atoms with Crippen molar-refractivity contribution in [3.8, 4) is 0 Å². The smallest absolute Gasteiger partial charge is 0.264 e. The number of hydrogen-bond donors (Lipinski definition) is 1. The number of nitrogens with one attached hydrogen (secondary N) is 1. The molecule has 0 fully saturated rings. The van der Waals surface area contributed by atoms with Crippen molar-refractivity contribution >= 4 is 39.1 Å². The lowest BCUT2D eigenvalue weighted by Crippen LogP contribution is -2.53. The Morgan fingerprint density at radius 1 is 0.907 bits per heavy atom. The maximum atomic E-state index is 14.9. The molecule has 1 atom stereocenters. The number of carbonyl (C=O) groups is 2. The minimum absolute atomic E-state index is 0.0182. The van der Waals surface area contributed by atoms with E-state index in [0.29, 0.717) is 5.02 Å². The fourth-order valence-electron chi connectivity index (χ4n) is 4.63. The van der Waals surface area contributed by atoms with Gasteiger partial charge in [0.15, 0.2) is 0 Å². The third kappa shape index (κ3) is 7.60. The lowest BCUT2D eigenvalue weighted by atomic mass is 10.0. The highest BCUT2D eigenvalue weighted by atomic mass is 35.5. The Morgan fingerprint density at radius 3 is 2.19 bits per heavy atom. The first-order valence-corrected chi connectivity index (χ1v) is 15.5. The molecule has 10 heteroatoms. The molecule has 2 amide bonds. The average molecular weight is 622 g/mol. The minimum Gasteiger partial charge on any atom is -0.357 e. The third-order valence-electron chi connectivity index (χ3n) is 7.15. The van der Waals surface area contributed by atoms with E-state index in [1.54, 1.807) is 37.3 Å². The maximum absolute atomic E-state index is 14.9. The topological polar surface area (TPSA) is 86.8 Å². The molecular weight excluding hydrogens is 589 g/mol. The van der Waals surface area contributed by atoms with Gasteiger partial charge in [-0.2, -0.15) is 0 Å². The number of amides is 2. The molecule has 0 aliphatic rings. The van der Waals surface area contributed by atoms with Crippen LogP contribution in [0.5, 0.6) is 0 Å². The van der Waals surface area contributed by atoms with Gasteiger partial charge in [-0.1, -0.05) is 83.9 Å². The predicted molar refractivity (Wildman–Crippen MR) is 167 cm³/mol. The lowest BCUT2D eigenvalue weighted by Gasteiger charge is -2.33. The molecule has 0 radical (unpaired) electrons. The number of sulfonamides is 1. The SMILES string of the molecule is CNC(=O)[C@H](Cc1ccccc1)N(Cc1ccccc1F)C(=O)CN(c1ccc(C)c(Cl)c1)S(=O)(=O)c1ccc(C)cc1. The van der Waals surface area contributed by atoms with Gasteiger partial charge in [0.1, 0.15) is 18.4 Å². The van der Waals surface area contributed by atoms with Gasteiger partial charge in [-0.3, -0.25) is 13.9 Å². The standard InChI is InChI=1S/C33H33ClFN3O4S/c1-23-13-17-28(18-14-23)43(41,42)38(27-16-15-24(2)29(34)20-27)22-32(39)37(21-26-11-7-8-12-30(26)35)31(33(40)36-3)19-25-9-5-4-6-10-25/h4-18,20,31H,19,21-22H2,1-3H3,(H,36,40)/t31-/m0/s1. The molecule has 0 saturated heterocycles. The van der Waals surface area contributed by atoms with E-state index in [4.69, 9.17) is 11.6 Å². The zero-order chi connectivity index (χ0) is 31.1. The van der Waals surface area contributed by atoms with Crippen LogP contribution in [0.4, 0.5) is 10.1 Å². The van der Waals surface area contributed by atoms with Crippen molar-refractivity contribution in [1.29, 1.82) is 0 Å². The Kier molecular flexibility index (Phi) is 10.2. The number of anilines is 1. The van der Waals surface area contributed by atoms with Gasteiger partial charge in [-0.25, -0.2) is 12.8 Å². The van der Waals surface area contributed by atoms with Gasteiger partial charge in [-0.05, 0) is 55.3 Å². The Balaban J connectivity index is 1.81. The molecular formula is C33H33ClFN3O4S. The summed E-state index contributed by atoms with van der Waals surface area (Å²) in [5.74, 6) is -1.72. The first-order valence-electron chi connectivity index (χ1n) is 13.6. The van der Waals surface area contributed by atoms with Gasteiger partial charge in [-0.15, -0.1) is 0 Å². The fourth-order valence-corrected chi connectivity index (χ4v) is 6.21. The largest absolute Gasteiger partial charge is 0.357 e. The first-order chi connectivity index (χ1) is 20.5. The summed E-state index contributed by atoms with van der Waals surface area (Å²) in [6.07, 6.45) is 0.127. The number of rotatable bonds is 11. The summed E-state index contributed by atoms with van der Waals surface area (Å²) in [5.41, 5.74) is 2.73. The zero-order valence-electron chi connectivity index (χ0n) is 24.1.